The lowest BCUT2D eigenvalue weighted by molar-refractivity contribution is 0.808. The molecule has 0 radical (unpaired) electrons. The standard InChI is InChI=1S/C12H12ClNS/c13-12-8-7-11(15-12)6-3-5-10-4-1-2-9-14-10/h1-2,4,7-9H,3,5-6H2. The number of thiophene rings is 1. The minimum atomic E-state index is 0.878. The van der Waals surface area contributed by atoms with Gasteiger partial charge in [-0.05, 0) is 43.5 Å². The smallest absolute Gasteiger partial charge is 0.0931 e. The van der Waals surface area contributed by atoms with Gasteiger partial charge in [-0.3, -0.25) is 4.98 Å². The maximum atomic E-state index is 5.86. The molecular formula is C12H12ClNS. The molecule has 2 rings (SSSR count). The summed E-state index contributed by atoms with van der Waals surface area (Å²) in [5, 5.41) is 0. The molecule has 0 aliphatic heterocycles. The molecule has 0 aliphatic carbocycles. The topological polar surface area (TPSA) is 12.9 Å². The maximum absolute atomic E-state index is 5.86. The average Bonchev–Trinajstić information content (AvgIpc) is 2.66. The van der Waals surface area contributed by atoms with Gasteiger partial charge < -0.3 is 0 Å². The first-order chi connectivity index (χ1) is 7.34. The van der Waals surface area contributed by atoms with Gasteiger partial charge in [-0.15, -0.1) is 11.3 Å². The Morgan fingerprint density at radius 1 is 1.13 bits per heavy atom. The number of nitrogens with zero attached hydrogens (tertiary/aromatic N) is 1. The van der Waals surface area contributed by atoms with Crippen LogP contribution >= 0.6 is 22.9 Å². The number of aromatic nitrogens is 1. The molecule has 0 saturated carbocycles. The van der Waals surface area contributed by atoms with Crippen molar-refractivity contribution in [2.75, 3.05) is 0 Å². The monoisotopic (exact) mass is 237 g/mol. The quantitative estimate of drug-likeness (QED) is 0.784. The van der Waals surface area contributed by atoms with Gasteiger partial charge in [0.15, 0.2) is 0 Å². The lowest BCUT2D eigenvalue weighted by atomic mass is 10.1. The summed E-state index contributed by atoms with van der Waals surface area (Å²) in [6, 6.07) is 10.1. The Balaban J connectivity index is 1.80. The molecule has 2 aromatic heterocycles. The van der Waals surface area contributed by atoms with Crippen LogP contribution in [0.5, 0.6) is 0 Å². The molecule has 1 nitrogen and oxygen atoms in total. The second kappa shape index (κ2) is 5.29. The molecule has 0 bridgehead atoms. The van der Waals surface area contributed by atoms with E-state index in [0.29, 0.717) is 0 Å². The highest BCUT2D eigenvalue weighted by Gasteiger charge is 1.98. The third-order valence-electron chi connectivity index (χ3n) is 2.21. The van der Waals surface area contributed by atoms with E-state index in [1.54, 1.807) is 11.3 Å². The number of rotatable bonds is 4. The van der Waals surface area contributed by atoms with Crippen LogP contribution in [0.1, 0.15) is 17.0 Å². The number of pyridine rings is 1. The van der Waals surface area contributed by atoms with E-state index >= 15 is 0 Å². The first kappa shape index (κ1) is 10.7. The van der Waals surface area contributed by atoms with E-state index in [9.17, 15) is 0 Å². The van der Waals surface area contributed by atoms with Gasteiger partial charge in [0.1, 0.15) is 0 Å². The zero-order valence-electron chi connectivity index (χ0n) is 8.32. The van der Waals surface area contributed by atoms with E-state index in [-0.39, 0.29) is 0 Å². The predicted molar refractivity (Wildman–Crippen MR) is 65.6 cm³/mol. The van der Waals surface area contributed by atoms with Gasteiger partial charge in [-0.2, -0.15) is 0 Å². The molecule has 3 heteroatoms. The second-order valence-corrected chi connectivity index (χ2v) is 5.18. The van der Waals surface area contributed by atoms with Crippen molar-refractivity contribution in [1.82, 2.24) is 4.98 Å². The van der Waals surface area contributed by atoms with Crippen molar-refractivity contribution in [2.45, 2.75) is 19.3 Å². The highest BCUT2D eigenvalue weighted by atomic mass is 35.5. The van der Waals surface area contributed by atoms with Crippen molar-refractivity contribution >= 4 is 22.9 Å². The molecule has 0 atom stereocenters. The Labute approximate surface area is 98.7 Å². The summed E-state index contributed by atoms with van der Waals surface area (Å²) in [6.45, 7) is 0. The minimum Gasteiger partial charge on any atom is -0.261 e. The summed E-state index contributed by atoms with van der Waals surface area (Å²) >= 11 is 7.53. The largest absolute Gasteiger partial charge is 0.261 e. The molecule has 0 spiro atoms. The van der Waals surface area contributed by atoms with Crippen molar-refractivity contribution in [3.05, 3.63) is 51.4 Å². The molecule has 0 saturated heterocycles. The highest BCUT2D eigenvalue weighted by molar-refractivity contribution is 7.16. The molecule has 0 unspecified atom stereocenters. The van der Waals surface area contributed by atoms with Crippen LogP contribution in [0.15, 0.2) is 36.5 Å². The lowest BCUT2D eigenvalue weighted by Gasteiger charge is -1.98. The maximum Gasteiger partial charge on any atom is 0.0931 e. The molecule has 0 aromatic carbocycles. The Morgan fingerprint density at radius 3 is 2.73 bits per heavy atom. The first-order valence-corrected chi connectivity index (χ1v) is 6.18. The summed E-state index contributed by atoms with van der Waals surface area (Å²) < 4.78 is 0.878. The van der Waals surface area contributed by atoms with Gasteiger partial charge in [0, 0.05) is 16.8 Å². The van der Waals surface area contributed by atoms with Crippen LogP contribution in [0.3, 0.4) is 0 Å². The van der Waals surface area contributed by atoms with Crippen LogP contribution in [-0.4, -0.2) is 4.98 Å². The van der Waals surface area contributed by atoms with Crippen molar-refractivity contribution < 1.29 is 0 Å². The van der Waals surface area contributed by atoms with Crippen molar-refractivity contribution in [3.8, 4) is 0 Å². The summed E-state index contributed by atoms with van der Waals surface area (Å²) in [7, 11) is 0. The van der Waals surface area contributed by atoms with E-state index in [2.05, 4.69) is 17.1 Å². The van der Waals surface area contributed by atoms with Gasteiger partial charge in [-0.1, -0.05) is 17.7 Å². The zero-order chi connectivity index (χ0) is 10.5. The Bertz CT molecular complexity index is 411. The van der Waals surface area contributed by atoms with Gasteiger partial charge in [0.2, 0.25) is 0 Å². The first-order valence-electron chi connectivity index (χ1n) is 4.99. The molecule has 0 fully saturated rings. The number of hydrogen-bond acceptors (Lipinski definition) is 2. The number of hydrogen-bond donors (Lipinski definition) is 0. The summed E-state index contributed by atoms with van der Waals surface area (Å²) in [5.41, 5.74) is 1.17. The predicted octanol–water partition coefficient (Wildman–Crippen LogP) is 3.97. The number of aryl methyl sites for hydroxylation is 2. The van der Waals surface area contributed by atoms with Crippen molar-refractivity contribution in [1.29, 1.82) is 0 Å². The van der Waals surface area contributed by atoms with E-state index in [1.807, 2.05) is 24.4 Å². The summed E-state index contributed by atoms with van der Waals surface area (Å²) in [5.74, 6) is 0. The zero-order valence-corrected chi connectivity index (χ0v) is 9.89. The van der Waals surface area contributed by atoms with Crippen LogP contribution in [0.25, 0.3) is 0 Å². The van der Waals surface area contributed by atoms with Gasteiger partial charge >= 0.3 is 0 Å². The fourth-order valence-corrected chi connectivity index (χ4v) is 2.61. The van der Waals surface area contributed by atoms with Crippen LogP contribution in [0.2, 0.25) is 4.34 Å². The Morgan fingerprint density at radius 2 is 2.07 bits per heavy atom. The summed E-state index contributed by atoms with van der Waals surface area (Å²) in [6.07, 6.45) is 5.11. The van der Waals surface area contributed by atoms with Crippen LogP contribution < -0.4 is 0 Å². The Kier molecular flexibility index (Phi) is 3.75. The molecule has 78 valence electrons. The van der Waals surface area contributed by atoms with Crippen LogP contribution in [0, 0.1) is 0 Å². The SMILES string of the molecule is Clc1ccc(CCCc2ccccn2)s1. The Hall–Kier alpha value is -0.860. The minimum absolute atomic E-state index is 0.878. The molecule has 2 aromatic rings. The van der Waals surface area contributed by atoms with Crippen LogP contribution in [-0.2, 0) is 12.8 Å². The number of halogens is 1. The third kappa shape index (κ3) is 3.33. The molecule has 0 amide bonds. The van der Waals surface area contributed by atoms with E-state index in [0.717, 1.165) is 23.6 Å². The molecular weight excluding hydrogens is 226 g/mol. The fourth-order valence-electron chi connectivity index (χ4n) is 1.48. The lowest BCUT2D eigenvalue weighted by Crippen LogP contribution is -1.90. The van der Waals surface area contributed by atoms with Crippen molar-refractivity contribution in [2.24, 2.45) is 0 Å². The van der Waals surface area contributed by atoms with Gasteiger partial charge in [0.25, 0.3) is 0 Å². The molecule has 15 heavy (non-hydrogen) atoms. The van der Waals surface area contributed by atoms with Gasteiger partial charge in [0.05, 0.1) is 4.34 Å². The second-order valence-electron chi connectivity index (χ2n) is 3.38. The van der Waals surface area contributed by atoms with Crippen LogP contribution in [0.4, 0.5) is 0 Å². The third-order valence-corrected chi connectivity index (χ3v) is 3.50. The summed E-state index contributed by atoms with van der Waals surface area (Å²) in [4.78, 5) is 5.65. The van der Waals surface area contributed by atoms with Gasteiger partial charge in [-0.25, -0.2) is 0 Å². The van der Waals surface area contributed by atoms with Crippen molar-refractivity contribution in [3.63, 3.8) is 0 Å². The van der Waals surface area contributed by atoms with E-state index in [1.165, 1.54) is 10.6 Å². The molecule has 0 aliphatic rings. The molecule has 0 N–H and O–H groups in total. The normalized spacial score (nSPS) is 10.5. The fraction of sp³-hybridized carbons (Fsp3) is 0.250. The average molecular weight is 238 g/mol. The molecule has 2 heterocycles. The van der Waals surface area contributed by atoms with E-state index in [4.69, 9.17) is 11.6 Å². The van der Waals surface area contributed by atoms with E-state index < -0.39 is 0 Å². The highest BCUT2D eigenvalue weighted by Crippen LogP contribution is 2.22.